The topological polar surface area (TPSA) is 103 Å². The third-order valence-corrected chi connectivity index (χ3v) is 1.41. The molecule has 5 N–H and O–H groups in total. The Labute approximate surface area is 80.4 Å². The van der Waals surface area contributed by atoms with E-state index in [1.54, 1.807) is 23.7 Å². The van der Waals surface area contributed by atoms with E-state index in [0.29, 0.717) is 5.56 Å². The minimum Gasteiger partial charge on any atom is -0.507 e. The first-order valence-corrected chi connectivity index (χ1v) is 3.78. The monoisotopic (exact) mass is 194 g/mol. The van der Waals surface area contributed by atoms with Gasteiger partial charge in [0.2, 0.25) is 5.96 Å². The molecule has 0 amide bonds. The fourth-order valence-corrected chi connectivity index (χ4v) is 0.772. The Balaban J connectivity index is 2.74. The molecule has 1 aromatic carbocycles. The van der Waals surface area contributed by atoms with E-state index in [-0.39, 0.29) is 11.7 Å². The molecule has 0 aromatic heterocycles. The number of nitrogens with one attached hydrogen (secondary N) is 1. The lowest BCUT2D eigenvalue weighted by Crippen LogP contribution is -2.27. The van der Waals surface area contributed by atoms with Crippen molar-refractivity contribution in [3.05, 3.63) is 29.8 Å². The molecule has 1 aromatic rings. The second kappa shape index (κ2) is 4.83. The van der Waals surface area contributed by atoms with Crippen LogP contribution < -0.4 is 11.2 Å². The Morgan fingerprint density at radius 1 is 1.43 bits per heavy atom. The second-order valence-electron chi connectivity index (χ2n) is 2.40. The van der Waals surface area contributed by atoms with E-state index in [1.807, 2.05) is 0 Å². The molecule has 0 unspecified atom stereocenters. The van der Waals surface area contributed by atoms with Crippen molar-refractivity contribution in [1.82, 2.24) is 5.48 Å². The van der Waals surface area contributed by atoms with Gasteiger partial charge in [0.05, 0.1) is 6.21 Å². The zero-order valence-electron chi connectivity index (χ0n) is 7.25. The van der Waals surface area contributed by atoms with Crippen molar-refractivity contribution >= 4 is 12.2 Å². The number of benzene rings is 1. The fraction of sp³-hybridized carbons (Fsp3) is 0. The lowest BCUT2D eigenvalue weighted by molar-refractivity contribution is 0.232. The van der Waals surface area contributed by atoms with Gasteiger partial charge in [-0.05, 0) is 12.1 Å². The van der Waals surface area contributed by atoms with Gasteiger partial charge in [0.25, 0.3) is 0 Å². The zero-order chi connectivity index (χ0) is 10.4. The summed E-state index contributed by atoms with van der Waals surface area (Å²) in [5.41, 5.74) is 7.22. The molecular formula is C8H10N4O2. The number of phenols is 1. The van der Waals surface area contributed by atoms with Crippen molar-refractivity contribution in [2.75, 3.05) is 0 Å². The van der Waals surface area contributed by atoms with Gasteiger partial charge in [0, 0.05) is 5.56 Å². The summed E-state index contributed by atoms with van der Waals surface area (Å²) in [5, 5.41) is 24.5. The summed E-state index contributed by atoms with van der Waals surface area (Å²) < 4.78 is 0. The van der Waals surface area contributed by atoms with Crippen molar-refractivity contribution in [2.24, 2.45) is 15.9 Å². The van der Waals surface area contributed by atoms with Gasteiger partial charge in [-0.2, -0.15) is 5.10 Å². The van der Waals surface area contributed by atoms with Crippen LogP contribution in [0.25, 0.3) is 0 Å². The number of hydrogen-bond acceptors (Lipinski definition) is 4. The number of hydrogen-bond donors (Lipinski definition) is 4. The van der Waals surface area contributed by atoms with Crippen molar-refractivity contribution in [3.63, 3.8) is 0 Å². The first-order chi connectivity index (χ1) is 6.74. The summed E-state index contributed by atoms with van der Waals surface area (Å²) in [7, 11) is 0. The number of phenolic OH excluding ortho intramolecular Hbond substituents is 1. The van der Waals surface area contributed by atoms with Crippen molar-refractivity contribution < 1.29 is 10.3 Å². The van der Waals surface area contributed by atoms with Crippen LogP contribution in [0.1, 0.15) is 5.56 Å². The molecule has 6 nitrogen and oxygen atoms in total. The highest BCUT2D eigenvalue weighted by atomic mass is 16.5. The molecule has 0 atom stereocenters. The second-order valence-corrected chi connectivity index (χ2v) is 2.40. The molecule has 14 heavy (non-hydrogen) atoms. The maximum absolute atomic E-state index is 9.30. The number of guanidine groups is 1. The average Bonchev–Trinajstić information content (AvgIpc) is 2.20. The highest BCUT2D eigenvalue weighted by Gasteiger charge is 1.93. The lowest BCUT2D eigenvalue weighted by atomic mass is 10.2. The zero-order valence-corrected chi connectivity index (χ0v) is 7.25. The first-order valence-electron chi connectivity index (χ1n) is 3.78. The van der Waals surface area contributed by atoms with Gasteiger partial charge in [-0.25, -0.2) is 5.48 Å². The number of hydroxylamine groups is 1. The molecule has 0 fully saturated rings. The minimum absolute atomic E-state index is 0.0991. The summed E-state index contributed by atoms with van der Waals surface area (Å²) in [6.45, 7) is 0. The average molecular weight is 194 g/mol. The maximum atomic E-state index is 9.30. The number of nitrogens with two attached hydrogens (primary N) is 1. The number of nitrogens with zero attached hydrogens (tertiary/aromatic N) is 2. The summed E-state index contributed by atoms with van der Waals surface area (Å²) in [5.74, 6) is -0.126. The molecular weight excluding hydrogens is 184 g/mol. The third kappa shape index (κ3) is 2.76. The third-order valence-electron chi connectivity index (χ3n) is 1.41. The van der Waals surface area contributed by atoms with Crippen LogP contribution in [-0.4, -0.2) is 22.5 Å². The van der Waals surface area contributed by atoms with Crippen LogP contribution in [-0.2, 0) is 0 Å². The van der Waals surface area contributed by atoms with Crippen LogP contribution >= 0.6 is 0 Å². The molecule has 0 aliphatic carbocycles. The van der Waals surface area contributed by atoms with Crippen LogP contribution in [0.4, 0.5) is 0 Å². The number of para-hydroxylation sites is 1. The Bertz CT molecular complexity index is 362. The maximum Gasteiger partial charge on any atom is 0.237 e. The van der Waals surface area contributed by atoms with Crippen LogP contribution in [0.2, 0.25) is 0 Å². The molecule has 0 saturated heterocycles. The Morgan fingerprint density at radius 3 is 2.79 bits per heavy atom. The SMILES string of the molecule is N/C(=N\N=Cc1ccccc1O)NO. The van der Waals surface area contributed by atoms with Crippen LogP contribution in [0.15, 0.2) is 34.5 Å². The normalized spacial score (nSPS) is 11.9. The largest absolute Gasteiger partial charge is 0.507 e. The van der Waals surface area contributed by atoms with Crippen molar-refractivity contribution in [2.45, 2.75) is 0 Å². The molecule has 0 heterocycles. The van der Waals surface area contributed by atoms with E-state index in [4.69, 9.17) is 10.9 Å². The summed E-state index contributed by atoms with van der Waals surface area (Å²) in [6.07, 6.45) is 1.32. The van der Waals surface area contributed by atoms with Crippen molar-refractivity contribution in [3.8, 4) is 5.75 Å². The van der Waals surface area contributed by atoms with Crippen molar-refractivity contribution in [1.29, 1.82) is 0 Å². The molecule has 0 aliphatic rings. The lowest BCUT2D eigenvalue weighted by Gasteiger charge is -1.95. The molecule has 0 saturated carbocycles. The van der Waals surface area contributed by atoms with Crippen LogP contribution in [0.3, 0.4) is 0 Å². The molecule has 74 valence electrons. The van der Waals surface area contributed by atoms with Gasteiger partial charge < -0.3 is 10.8 Å². The van der Waals surface area contributed by atoms with Gasteiger partial charge in [0.1, 0.15) is 5.75 Å². The van der Waals surface area contributed by atoms with E-state index in [1.165, 1.54) is 12.3 Å². The van der Waals surface area contributed by atoms with E-state index in [2.05, 4.69) is 10.2 Å². The summed E-state index contributed by atoms with van der Waals surface area (Å²) in [6, 6.07) is 6.63. The summed E-state index contributed by atoms with van der Waals surface area (Å²) >= 11 is 0. The standard InChI is InChI=1S/C8H10N4O2/c9-8(12-14)11-10-5-6-3-1-2-4-7(6)13/h1-5,13-14H,(H3,9,11,12). The fourth-order valence-electron chi connectivity index (χ4n) is 0.772. The predicted molar refractivity (Wildman–Crippen MR) is 52.2 cm³/mol. The highest BCUT2D eigenvalue weighted by Crippen LogP contribution is 2.12. The van der Waals surface area contributed by atoms with E-state index in [0.717, 1.165) is 0 Å². The van der Waals surface area contributed by atoms with Gasteiger partial charge in [0.15, 0.2) is 0 Å². The summed E-state index contributed by atoms with van der Waals surface area (Å²) in [4.78, 5) is 0. The van der Waals surface area contributed by atoms with Crippen LogP contribution in [0.5, 0.6) is 5.75 Å². The molecule has 1 rings (SSSR count). The van der Waals surface area contributed by atoms with Gasteiger partial charge in [-0.3, -0.25) is 5.21 Å². The molecule has 6 heteroatoms. The first kappa shape index (κ1) is 10.0. The molecule has 0 aliphatic heterocycles. The van der Waals surface area contributed by atoms with E-state index in [9.17, 15) is 5.11 Å². The minimum atomic E-state index is -0.225. The van der Waals surface area contributed by atoms with Crippen LogP contribution in [0, 0.1) is 0 Å². The Morgan fingerprint density at radius 2 is 2.14 bits per heavy atom. The number of aromatic hydroxyl groups is 1. The molecule has 0 bridgehead atoms. The highest BCUT2D eigenvalue weighted by molar-refractivity contribution is 5.84. The quantitative estimate of drug-likeness (QED) is 0.302. The van der Waals surface area contributed by atoms with E-state index >= 15 is 0 Å². The molecule has 0 spiro atoms. The van der Waals surface area contributed by atoms with E-state index < -0.39 is 0 Å². The smallest absolute Gasteiger partial charge is 0.237 e. The van der Waals surface area contributed by atoms with Gasteiger partial charge >= 0.3 is 0 Å². The van der Waals surface area contributed by atoms with Gasteiger partial charge in [-0.1, -0.05) is 12.1 Å². The predicted octanol–water partition coefficient (Wildman–Crippen LogP) is 0.0196. The Hall–Kier alpha value is -2.08. The van der Waals surface area contributed by atoms with Gasteiger partial charge in [-0.15, -0.1) is 5.10 Å². The number of rotatable bonds is 2. The Kier molecular flexibility index (Phi) is 3.45. The molecule has 0 radical (unpaired) electrons.